The first kappa shape index (κ1) is 12.7. The maximum absolute atomic E-state index is 4.36. The minimum Gasteiger partial charge on any atom is -0.300 e. The summed E-state index contributed by atoms with van der Waals surface area (Å²) < 4.78 is 1.03. The van der Waals surface area contributed by atoms with E-state index in [-0.39, 0.29) is 0 Å². The fraction of sp³-hybridized carbons (Fsp3) is 0.583. The van der Waals surface area contributed by atoms with Crippen LogP contribution in [0.3, 0.4) is 0 Å². The van der Waals surface area contributed by atoms with Gasteiger partial charge in [0.2, 0.25) is 0 Å². The van der Waals surface area contributed by atoms with E-state index in [1.54, 1.807) is 0 Å². The van der Waals surface area contributed by atoms with Gasteiger partial charge in [0.05, 0.1) is 5.69 Å². The summed E-state index contributed by atoms with van der Waals surface area (Å²) in [5.41, 5.74) is 1.45. The maximum Gasteiger partial charge on any atom is 0.0544 e. The zero-order chi connectivity index (χ0) is 11.5. The van der Waals surface area contributed by atoms with Crippen molar-refractivity contribution in [3.05, 3.63) is 28.5 Å². The number of pyridine rings is 1. The van der Waals surface area contributed by atoms with E-state index in [1.165, 1.54) is 0 Å². The second-order valence-corrected chi connectivity index (χ2v) is 6.12. The third-order valence-corrected chi connectivity index (χ3v) is 2.43. The van der Waals surface area contributed by atoms with Crippen LogP contribution in [-0.2, 0) is 6.54 Å². The molecule has 0 aromatic carbocycles. The summed E-state index contributed by atoms with van der Waals surface area (Å²) in [7, 11) is 2.13. The molecule has 84 valence electrons. The van der Waals surface area contributed by atoms with Gasteiger partial charge in [0.1, 0.15) is 0 Å². The Morgan fingerprint density at radius 1 is 1.33 bits per heavy atom. The van der Waals surface area contributed by atoms with Gasteiger partial charge in [-0.15, -0.1) is 0 Å². The van der Waals surface area contributed by atoms with Gasteiger partial charge in [0.15, 0.2) is 0 Å². The van der Waals surface area contributed by atoms with E-state index in [4.69, 9.17) is 0 Å². The van der Waals surface area contributed by atoms with Crippen LogP contribution in [0.25, 0.3) is 0 Å². The Bertz CT molecular complexity index is 300. The maximum atomic E-state index is 4.36. The van der Waals surface area contributed by atoms with E-state index in [9.17, 15) is 0 Å². The summed E-state index contributed by atoms with van der Waals surface area (Å²) in [4.78, 5) is 6.66. The van der Waals surface area contributed by atoms with Crippen molar-refractivity contribution in [2.45, 2.75) is 27.3 Å². The first-order valence-electron chi connectivity index (χ1n) is 5.16. The molecule has 0 saturated carbocycles. The lowest BCUT2D eigenvalue weighted by molar-refractivity contribution is 0.219. The van der Waals surface area contributed by atoms with Gasteiger partial charge in [-0.2, -0.15) is 0 Å². The van der Waals surface area contributed by atoms with Crippen LogP contribution in [-0.4, -0.2) is 23.5 Å². The van der Waals surface area contributed by atoms with E-state index >= 15 is 0 Å². The predicted octanol–water partition coefficient (Wildman–Crippen LogP) is 3.32. The van der Waals surface area contributed by atoms with Crippen LogP contribution in [0.15, 0.2) is 22.8 Å². The highest BCUT2D eigenvalue weighted by molar-refractivity contribution is 9.10. The van der Waals surface area contributed by atoms with Crippen LogP contribution in [0.1, 0.15) is 26.5 Å². The van der Waals surface area contributed by atoms with Gasteiger partial charge >= 0.3 is 0 Å². The topological polar surface area (TPSA) is 16.1 Å². The lowest BCUT2D eigenvalue weighted by atomic mass is 9.96. The first-order valence-corrected chi connectivity index (χ1v) is 5.95. The zero-order valence-electron chi connectivity index (χ0n) is 9.92. The van der Waals surface area contributed by atoms with Gasteiger partial charge in [-0.25, -0.2) is 0 Å². The van der Waals surface area contributed by atoms with Crippen molar-refractivity contribution in [3.8, 4) is 0 Å². The van der Waals surface area contributed by atoms with Crippen molar-refractivity contribution >= 4 is 15.9 Å². The molecule has 0 unspecified atom stereocenters. The summed E-state index contributed by atoms with van der Waals surface area (Å²) in [6, 6.07) is 4.09. The Morgan fingerprint density at radius 2 is 2.00 bits per heavy atom. The largest absolute Gasteiger partial charge is 0.300 e. The van der Waals surface area contributed by atoms with Crippen molar-refractivity contribution < 1.29 is 0 Å². The van der Waals surface area contributed by atoms with Gasteiger partial charge in [0.25, 0.3) is 0 Å². The van der Waals surface area contributed by atoms with Crippen molar-refractivity contribution in [2.24, 2.45) is 5.41 Å². The van der Waals surface area contributed by atoms with Crippen LogP contribution in [0.2, 0.25) is 0 Å². The van der Waals surface area contributed by atoms with Gasteiger partial charge < -0.3 is 4.90 Å². The number of hydrogen-bond acceptors (Lipinski definition) is 2. The van der Waals surface area contributed by atoms with Crippen molar-refractivity contribution in [1.29, 1.82) is 0 Å². The molecular weight excluding hydrogens is 252 g/mol. The Kier molecular flexibility index (Phi) is 4.29. The predicted molar refractivity (Wildman–Crippen MR) is 67.7 cm³/mol. The molecule has 0 bridgehead atoms. The van der Waals surface area contributed by atoms with Crippen molar-refractivity contribution in [2.75, 3.05) is 13.6 Å². The molecule has 3 heteroatoms. The van der Waals surface area contributed by atoms with Crippen LogP contribution >= 0.6 is 15.9 Å². The fourth-order valence-corrected chi connectivity index (χ4v) is 1.88. The highest BCUT2D eigenvalue weighted by atomic mass is 79.9. The Balaban J connectivity index is 2.51. The molecule has 0 atom stereocenters. The number of hydrogen-bond donors (Lipinski definition) is 0. The van der Waals surface area contributed by atoms with Crippen LogP contribution in [0, 0.1) is 5.41 Å². The average Bonchev–Trinajstić information content (AvgIpc) is 2.05. The highest BCUT2D eigenvalue weighted by Crippen LogP contribution is 2.15. The van der Waals surface area contributed by atoms with Crippen LogP contribution < -0.4 is 0 Å². The summed E-state index contributed by atoms with van der Waals surface area (Å²) >= 11 is 3.38. The molecular formula is C12H19BrN2. The Morgan fingerprint density at radius 3 is 2.47 bits per heavy atom. The molecule has 1 heterocycles. The molecule has 0 fully saturated rings. The van der Waals surface area contributed by atoms with Gasteiger partial charge in [-0.3, -0.25) is 4.98 Å². The summed E-state index contributed by atoms with van der Waals surface area (Å²) in [6.45, 7) is 8.73. The number of aromatic nitrogens is 1. The summed E-state index contributed by atoms with van der Waals surface area (Å²) in [5, 5.41) is 0. The minimum atomic E-state index is 0.337. The lowest BCUT2D eigenvalue weighted by Gasteiger charge is -2.26. The van der Waals surface area contributed by atoms with Crippen LogP contribution in [0.4, 0.5) is 0 Å². The molecule has 2 nitrogen and oxygen atoms in total. The lowest BCUT2D eigenvalue weighted by Crippen LogP contribution is -2.29. The smallest absolute Gasteiger partial charge is 0.0544 e. The molecule has 1 aromatic heterocycles. The molecule has 0 N–H and O–H groups in total. The van der Waals surface area contributed by atoms with E-state index in [0.717, 1.165) is 23.3 Å². The Labute approximate surface area is 101 Å². The van der Waals surface area contributed by atoms with E-state index in [2.05, 4.69) is 59.7 Å². The van der Waals surface area contributed by atoms with Gasteiger partial charge in [-0.05, 0) is 40.5 Å². The number of rotatable bonds is 3. The van der Waals surface area contributed by atoms with Crippen molar-refractivity contribution in [1.82, 2.24) is 9.88 Å². The molecule has 0 aliphatic carbocycles. The second-order valence-electron chi connectivity index (χ2n) is 5.20. The van der Waals surface area contributed by atoms with E-state index < -0.39 is 0 Å². The molecule has 0 aliphatic rings. The normalized spacial score (nSPS) is 12.1. The third-order valence-electron chi connectivity index (χ3n) is 1.96. The summed E-state index contributed by atoms with van der Waals surface area (Å²) in [5.74, 6) is 0. The molecule has 0 radical (unpaired) electrons. The van der Waals surface area contributed by atoms with Crippen molar-refractivity contribution in [3.63, 3.8) is 0 Å². The summed E-state index contributed by atoms with van der Waals surface area (Å²) in [6.07, 6.45) is 1.85. The minimum absolute atomic E-state index is 0.337. The van der Waals surface area contributed by atoms with Crippen LogP contribution in [0.5, 0.6) is 0 Å². The molecule has 0 aliphatic heterocycles. The second kappa shape index (κ2) is 5.08. The first-order chi connectivity index (χ1) is 6.87. The molecule has 0 saturated heterocycles. The molecule has 1 aromatic rings. The number of halogens is 1. The fourth-order valence-electron chi connectivity index (χ4n) is 1.64. The molecule has 15 heavy (non-hydrogen) atoms. The van der Waals surface area contributed by atoms with E-state index in [1.807, 2.05) is 12.3 Å². The SMILES string of the molecule is CN(Cc1ccc(Br)cn1)CC(C)(C)C. The zero-order valence-corrected chi connectivity index (χ0v) is 11.5. The molecule has 0 spiro atoms. The van der Waals surface area contributed by atoms with Gasteiger partial charge in [0, 0.05) is 23.8 Å². The Hall–Kier alpha value is -0.410. The quantitative estimate of drug-likeness (QED) is 0.838. The van der Waals surface area contributed by atoms with Gasteiger partial charge in [-0.1, -0.05) is 20.8 Å². The average molecular weight is 271 g/mol. The molecule has 1 rings (SSSR count). The number of nitrogens with zero attached hydrogens (tertiary/aromatic N) is 2. The highest BCUT2D eigenvalue weighted by Gasteiger charge is 2.13. The third kappa shape index (κ3) is 5.28. The molecule has 0 amide bonds. The standard InChI is InChI=1S/C12H19BrN2/c1-12(2,3)9-15(4)8-11-6-5-10(13)7-14-11/h5-7H,8-9H2,1-4H3. The van der Waals surface area contributed by atoms with E-state index in [0.29, 0.717) is 5.41 Å². The monoisotopic (exact) mass is 270 g/mol.